The minimum atomic E-state index is -4.03. The molecule has 32 heavy (non-hydrogen) atoms. The number of halogens is 2. The Morgan fingerprint density at radius 1 is 1.06 bits per heavy atom. The lowest BCUT2D eigenvalue weighted by Gasteiger charge is -2.08. The van der Waals surface area contributed by atoms with E-state index < -0.39 is 26.6 Å². The van der Waals surface area contributed by atoms with E-state index in [0.717, 1.165) is 35.5 Å². The minimum absolute atomic E-state index is 0.0755. The van der Waals surface area contributed by atoms with Crippen LogP contribution in [0.4, 0.5) is 8.78 Å². The molecular formula is C22H24F2N4O3S. The van der Waals surface area contributed by atoms with Crippen molar-refractivity contribution in [3.8, 4) is 5.69 Å². The van der Waals surface area contributed by atoms with Crippen molar-refractivity contribution in [1.82, 2.24) is 19.8 Å². The fourth-order valence-electron chi connectivity index (χ4n) is 3.08. The number of amides is 1. The number of sulfonamides is 1. The molecule has 1 heterocycles. The zero-order valence-corrected chi connectivity index (χ0v) is 18.3. The van der Waals surface area contributed by atoms with Crippen molar-refractivity contribution in [3.63, 3.8) is 0 Å². The molecule has 1 amide bonds. The van der Waals surface area contributed by atoms with Crippen molar-refractivity contribution >= 4 is 15.9 Å². The second kappa shape index (κ2) is 10.5. The predicted molar refractivity (Wildman–Crippen MR) is 116 cm³/mol. The third kappa shape index (κ3) is 6.21. The van der Waals surface area contributed by atoms with Gasteiger partial charge < -0.3 is 5.32 Å². The molecule has 3 aromatic rings. The van der Waals surface area contributed by atoms with Crippen LogP contribution >= 0.6 is 0 Å². The second-order valence-electron chi connectivity index (χ2n) is 7.20. The van der Waals surface area contributed by atoms with E-state index >= 15 is 0 Å². The summed E-state index contributed by atoms with van der Waals surface area (Å²) in [4.78, 5) is 11.6. The molecule has 0 spiro atoms. The van der Waals surface area contributed by atoms with Crippen molar-refractivity contribution in [2.45, 2.75) is 31.1 Å². The van der Waals surface area contributed by atoms with E-state index in [2.05, 4.69) is 15.1 Å². The highest BCUT2D eigenvalue weighted by molar-refractivity contribution is 7.89. The van der Waals surface area contributed by atoms with Crippen LogP contribution < -0.4 is 10.0 Å². The molecule has 10 heteroatoms. The van der Waals surface area contributed by atoms with Gasteiger partial charge in [-0.3, -0.25) is 4.79 Å². The van der Waals surface area contributed by atoms with E-state index in [1.165, 1.54) is 0 Å². The van der Waals surface area contributed by atoms with E-state index in [9.17, 15) is 22.0 Å². The van der Waals surface area contributed by atoms with Gasteiger partial charge in [0, 0.05) is 25.7 Å². The number of para-hydroxylation sites is 1. The summed E-state index contributed by atoms with van der Waals surface area (Å²) in [7, 11) is -4.03. The van der Waals surface area contributed by atoms with E-state index in [1.807, 2.05) is 48.1 Å². The van der Waals surface area contributed by atoms with Crippen LogP contribution in [-0.2, 0) is 21.2 Å². The zero-order valence-electron chi connectivity index (χ0n) is 17.5. The minimum Gasteiger partial charge on any atom is -0.356 e. The summed E-state index contributed by atoms with van der Waals surface area (Å²) in [6, 6.07) is 12.1. The molecule has 2 aromatic carbocycles. The van der Waals surface area contributed by atoms with Crippen molar-refractivity contribution in [1.29, 1.82) is 0 Å². The van der Waals surface area contributed by atoms with Gasteiger partial charge in [0.05, 0.1) is 16.3 Å². The lowest BCUT2D eigenvalue weighted by molar-refractivity contribution is -0.120. The summed E-state index contributed by atoms with van der Waals surface area (Å²) < 4.78 is 54.4. The first-order valence-corrected chi connectivity index (χ1v) is 11.6. The van der Waals surface area contributed by atoms with Crippen LogP contribution in [0.2, 0.25) is 0 Å². The Morgan fingerprint density at radius 2 is 1.81 bits per heavy atom. The molecule has 3 rings (SSSR count). The Balaban J connectivity index is 1.39. The monoisotopic (exact) mass is 462 g/mol. The van der Waals surface area contributed by atoms with Crippen LogP contribution in [0, 0.1) is 18.6 Å². The second-order valence-corrected chi connectivity index (χ2v) is 8.96. The van der Waals surface area contributed by atoms with Crippen LogP contribution in [-0.4, -0.2) is 37.2 Å². The van der Waals surface area contributed by atoms with Gasteiger partial charge in [-0.25, -0.2) is 26.6 Å². The number of nitrogens with one attached hydrogen (secondary N) is 2. The van der Waals surface area contributed by atoms with Gasteiger partial charge in [0.2, 0.25) is 15.9 Å². The highest BCUT2D eigenvalue weighted by Gasteiger charge is 2.16. The lowest BCUT2D eigenvalue weighted by Crippen LogP contribution is -2.31. The Bertz CT molecular complexity index is 1180. The maximum atomic E-state index is 13.2. The molecule has 0 unspecified atom stereocenters. The highest BCUT2D eigenvalue weighted by atomic mass is 32.2. The summed E-state index contributed by atoms with van der Waals surface area (Å²) in [6.07, 6.45) is 3.34. The Hall–Kier alpha value is -3.11. The summed E-state index contributed by atoms with van der Waals surface area (Å²) in [5.41, 5.74) is 2.98. The van der Waals surface area contributed by atoms with Gasteiger partial charge in [0.15, 0.2) is 11.6 Å². The number of carbonyl (C=O) groups is 1. The Labute approximate surface area is 185 Å². The molecule has 170 valence electrons. The molecule has 0 atom stereocenters. The number of rotatable bonds is 10. The average Bonchev–Trinajstić information content (AvgIpc) is 3.14. The largest absolute Gasteiger partial charge is 0.356 e. The molecule has 7 nitrogen and oxygen atoms in total. The third-order valence-corrected chi connectivity index (χ3v) is 6.27. The maximum absolute atomic E-state index is 13.2. The van der Waals surface area contributed by atoms with Gasteiger partial charge in [-0.15, -0.1) is 0 Å². The molecule has 0 fully saturated rings. The summed E-state index contributed by atoms with van der Waals surface area (Å²) in [5, 5.41) is 7.26. The van der Waals surface area contributed by atoms with Gasteiger partial charge in [-0.1, -0.05) is 18.2 Å². The van der Waals surface area contributed by atoms with Crippen molar-refractivity contribution in [2.24, 2.45) is 0 Å². The summed E-state index contributed by atoms with van der Waals surface area (Å²) in [6.45, 7) is 2.22. The average molecular weight is 463 g/mol. The molecular weight excluding hydrogens is 438 g/mol. The fourth-order valence-corrected chi connectivity index (χ4v) is 4.12. The molecule has 0 aliphatic carbocycles. The van der Waals surface area contributed by atoms with E-state index in [-0.39, 0.29) is 18.9 Å². The lowest BCUT2D eigenvalue weighted by atomic mass is 10.1. The van der Waals surface area contributed by atoms with Gasteiger partial charge in [-0.2, -0.15) is 5.10 Å². The number of hydrogen-bond acceptors (Lipinski definition) is 4. The van der Waals surface area contributed by atoms with E-state index in [1.54, 1.807) is 0 Å². The van der Waals surface area contributed by atoms with E-state index in [4.69, 9.17) is 0 Å². The molecule has 0 aliphatic rings. The van der Waals surface area contributed by atoms with Crippen LogP contribution in [0.3, 0.4) is 0 Å². The molecule has 0 aliphatic heterocycles. The predicted octanol–water partition coefficient (Wildman–Crippen LogP) is 2.88. The van der Waals surface area contributed by atoms with Gasteiger partial charge in [0.1, 0.15) is 0 Å². The maximum Gasteiger partial charge on any atom is 0.240 e. The highest BCUT2D eigenvalue weighted by Crippen LogP contribution is 2.14. The first kappa shape index (κ1) is 23.6. The molecule has 0 saturated heterocycles. The van der Waals surface area contributed by atoms with Crippen LogP contribution in [0.15, 0.2) is 59.6 Å². The molecule has 0 saturated carbocycles. The number of aryl methyl sites for hydroxylation is 2. The normalized spacial score (nSPS) is 11.5. The van der Waals surface area contributed by atoms with Crippen molar-refractivity contribution in [3.05, 3.63) is 77.6 Å². The Morgan fingerprint density at radius 3 is 2.53 bits per heavy atom. The Kier molecular flexibility index (Phi) is 7.70. The van der Waals surface area contributed by atoms with Gasteiger partial charge >= 0.3 is 0 Å². The number of hydrogen-bond donors (Lipinski definition) is 2. The number of aromatic nitrogens is 2. The van der Waals surface area contributed by atoms with Crippen molar-refractivity contribution < 1.29 is 22.0 Å². The fraction of sp³-hybridized carbons (Fsp3) is 0.273. The molecule has 0 radical (unpaired) electrons. The quantitative estimate of drug-likeness (QED) is 0.453. The summed E-state index contributed by atoms with van der Waals surface area (Å²) in [5.74, 6) is -2.70. The SMILES string of the molecule is Cc1nn(-c2ccccc2)cc1CCCNC(=O)CCNS(=O)(=O)c1ccc(F)c(F)c1. The molecule has 0 bridgehead atoms. The standard InChI is InChI=1S/C22H24F2N4O3S/c1-16-17(15-28(27-16)18-7-3-2-4-8-18)6-5-12-25-22(29)11-13-26-32(30,31)19-9-10-20(23)21(24)14-19/h2-4,7-10,14-15,26H,5-6,11-13H2,1H3,(H,25,29). The van der Waals surface area contributed by atoms with Crippen LogP contribution in [0.25, 0.3) is 5.69 Å². The van der Waals surface area contributed by atoms with Gasteiger partial charge in [-0.05, 0) is 55.7 Å². The topological polar surface area (TPSA) is 93.1 Å². The number of nitrogens with zero attached hydrogens (tertiary/aromatic N) is 2. The van der Waals surface area contributed by atoms with E-state index in [0.29, 0.717) is 19.0 Å². The number of carbonyl (C=O) groups excluding carboxylic acids is 1. The van der Waals surface area contributed by atoms with Gasteiger partial charge in [0.25, 0.3) is 0 Å². The first-order chi connectivity index (χ1) is 15.3. The van der Waals surface area contributed by atoms with Crippen molar-refractivity contribution in [2.75, 3.05) is 13.1 Å². The smallest absolute Gasteiger partial charge is 0.240 e. The first-order valence-electron chi connectivity index (χ1n) is 10.1. The van der Waals surface area contributed by atoms with Crippen LogP contribution in [0.5, 0.6) is 0 Å². The summed E-state index contributed by atoms with van der Waals surface area (Å²) >= 11 is 0. The zero-order chi connectivity index (χ0) is 23.1. The molecule has 2 N–H and O–H groups in total. The van der Waals surface area contributed by atoms with Crippen LogP contribution in [0.1, 0.15) is 24.1 Å². The number of benzene rings is 2. The molecule has 1 aromatic heterocycles. The third-order valence-electron chi connectivity index (χ3n) is 4.81.